The summed E-state index contributed by atoms with van der Waals surface area (Å²) in [6, 6.07) is -7.80. The third-order valence-electron chi connectivity index (χ3n) is 16.8. The molecular weight excluding hydrogens is 1360 g/mol. The Labute approximate surface area is 579 Å². The molecule has 1 aliphatic carbocycles. The van der Waals surface area contributed by atoms with Crippen LogP contribution in [0.4, 0.5) is 10.6 Å². The number of aromatic amines is 1. The number of nitrogens with zero attached hydrogens (tertiary/aromatic N) is 6. The highest BCUT2D eigenvalue weighted by Crippen LogP contribution is 2.39. The predicted octanol–water partition coefficient (Wildman–Crippen LogP) is -8.16. The molecule has 3 fully saturated rings. The van der Waals surface area contributed by atoms with Crippen LogP contribution in [0.3, 0.4) is 0 Å². The molecule has 7 rings (SSSR count). The Morgan fingerprint density at radius 2 is 1.53 bits per heavy atom. The fourth-order valence-electron chi connectivity index (χ4n) is 10.7. The minimum Gasteiger partial charge on any atom is -0.441 e. The zero-order chi connectivity index (χ0) is 73.4. The quantitative estimate of drug-likeness (QED) is 0.0185. The lowest BCUT2D eigenvalue weighted by Crippen LogP contribution is -2.65. The molecule has 42 heteroatoms. The van der Waals surface area contributed by atoms with E-state index in [0.717, 1.165) is 38.5 Å². The average Bonchev–Trinajstić information content (AvgIpc) is 1.40. The van der Waals surface area contributed by atoms with Crippen LogP contribution in [0.1, 0.15) is 100 Å². The highest BCUT2D eigenvalue weighted by atomic mass is 32.1. The number of ether oxygens (including phenoxy) is 5. The summed E-state index contributed by atoms with van der Waals surface area (Å²) < 4.78 is 28.8. The molecule has 100 heavy (non-hydrogen) atoms. The number of nitrogens with one attached hydrogen (secondary N) is 7. The summed E-state index contributed by atoms with van der Waals surface area (Å²) in [5.41, 5.74) is 31.8. The topological polar surface area (TPSA) is 656 Å². The van der Waals surface area contributed by atoms with E-state index < -0.39 is 182 Å². The standard InChI is InChI=1S/C58H89N19O21S2/c1-23-35(73-48(76-46(23)62)27(15-33(61)80)68-16-26(60)47(63)86)51(89)74-36(42(28-17-65-22-70-28)96-56-44(40(84)38(82)30(19-78)95-56)97-55-41(85)43(98-57(64)92)39(83)31(20-79)94-55)52(90)71-25(3)37(81)24(2)49(87)75-45(58(93)8-9-58)53(91)67-12-7-34-72-29(21-99-34)54-69-18-32(100-54)50(88)66-11-6-14-77(4)13-5-10-59/h17-18,21-22,24-27,30-31,36-45,55-56,68,78-79,81-85,93H,5-16,19-20,59-60H2,1-4H3,(H2,61,80)(H2,63,86)(H2,64,92)(H,65,70)(H,66,88)(H,67,91)(H,71,90)(H,74,89)(H,75,87)(H2,62,73,76). The molecule has 0 bridgehead atoms. The van der Waals surface area contributed by atoms with Crippen LogP contribution in [0.2, 0.25) is 0 Å². The number of aliphatic hydroxyl groups excluding tert-OH is 7. The van der Waals surface area contributed by atoms with Crippen LogP contribution in [0.5, 0.6) is 0 Å². The first kappa shape index (κ1) is 79.6. The highest BCUT2D eigenvalue weighted by Gasteiger charge is 2.55. The summed E-state index contributed by atoms with van der Waals surface area (Å²) in [5.74, 6) is -8.56. The van der Waals surface area contributed by atoms with Crippen LogP contribution in [0, 0.1) is 12.8 Å². The van der Waals surface area contributed by atoms with Gasteiger partial charge in [-0.25, -0.2) is 29.7 Å². The van der Waals surface area contributed by atoms with Gasteiger partial charge in [0, 0.05) is 43.4 Å². The number of imidazole rings is 1. The van der Waals surface area contributed by atoms with Crippen molar-refractivity contribution in [2.75, 3.05) is 65.3 Å². The SMILES string of the molecule is Cc1c(N)nc(C(CC(N)=O)NCC(N)C(N)=O)nc1C(=O)NC(C(=O)NC(C)C(O)C(C)C(=O)NC(C(=O)NCCc1nc(-c2ncc(C(=O)NCCCN(C)CCCN)s2)cs1)C1(O)CC1)C(OC1OC(CO)C(O)C(O)C1OC1OC(CO)C(O)C(OC(N)=O)C1O)c1cnc[nH]1. The Kier molecular flexibility index (Phi) is 28.8. The van der Waals surface area contributed by atoms with Gasteiger partial charge in [-0.05, 0) is 66.2 Å². The molecule has 27 N–H and O–H groups in total. The summed E-state index contributed by atoms with van der Waals surface area (Å²) in [6.45, 7) is 4.18. The van der Waals surface area contributed by atoms with Gasteiger partial charge >= 0.3 is 6.09 Å². The number of aliphatic hydroxyl groups is 8. The van der Waals surface area contributed by atoms with Crippen LogP contribution in [-0.2, 0) is 54.1 Å². The first-order valence-electron chi connectivity index (χ1n) is 31.8. The number of nitrogens with two attached hydrogens (primary N) is 6. The molecule has 1 saturated carbocycles. The van der Waals surface area contributed by atoms with Crippen molar-refractivity contribution >= 4 is 75.9 Å². The Bertz CT molecular complexity index is 3430. The number of amides is 8. The van der Waals surface area contributed by atoms with Crippen molar-refractivity contribution in [3.63, 3.8) is 0 Å². The van der Waals surface area contributed by atoms with E-state index in [1.807, 2.05) is 7.05 Å². The normalized spacial score (nSPS) is 24.3. The van der Waals surface area contributed by atoms with E-state index in [2.05, 4.69) is 66.7 Å². The first-order valence-corrected chi connectivity index (χ1v) is 33.5. The number of rotatable bonds is 38. The van der Waals surface area contributed by atoms with Crippen molar-refractivity contribution in [2.24, 2.45) is 34.6 Å². The average molecular weight is 1450 g/mol. The molecule has 4 aromatic heterocycles. The van der Waals surface area contributed by atoms with Crippen molar-refractivity contribution < 1.29 is 103 Å². The minimum absolute atomic E-state index is 0.00278. The van der Waals surface area contributed by atoms with Gasteiger partial charge < -0.3 is 141 Å². The predicted molar refractivity (Wildman–Crippen MR) is 348 cm³/mol. The van der Waals surface area contributed by atoms with E-state index in [9.17, 15) is 74.4 Å². The number of hydrogen-bond acceptors (Lipinski definition) is 33. The van der Waals surface area contributed by atoms with Crippen LogP contribution >= 0.6 is 22.7 Å². The zero-order valence-corrected chi connectivity index (χ0v) is 56.6. The lowest BCUT2D eigenvalue weighted by atomic mass is 9.96. The van der Waals surface area contributed by atoms with Crippen LogP contribution in [0.15, 0.2) is 24.1 Å². The van der Waals surface area contributed by atoms with E-state index in [-0.39, 0.29) is 61.2 Å². The summed E-state index contributed by atoms with van der Waals surface area (Å²) in [7, 11) is 1.99. The Morgan fingerprint density at radius 1 is 0.840 bits per heavy atom. The molecule has 18 atom stereocenters. The first-order chi connectivity index (χ1) is 47.4. The van der Waals surface area contributed by atoms with Gasteiger partial charge in [-0.2, -0.15) is 0 Å². The molecule has 40 nitrogen and oxygen atoms in total. The number of thiazole rings is 2. The van der Waals surface area contributed by atoms with Gasteiger partial charge in [-0.15, -0.1) is 22.7 Å². The van der Waals surface area contributed by atoms with Gasteiger partial charge in [-0.3, -0.25) is 33.6 Å². The summed E-state index contributed by atoms with van der Waals surface area (Å²) in [4.78, 5) is 134. The molecule has 18 unspecified atom stereocenters. The monoisotopic (exact) mass is 1450 g/mol. The van der Waals surface area contributed by atoms with Crippen molar-refractivity contribution in [1.29, 1.82) is 0 Å². The smallest absolute Gasteiger partial charge is 0.404 e. The molecule has 0 aromatic carbocycles. The maximum atomic E-state index is 15.3. The third-order valence-corrected chi connectivity index (χ3v) is 18.7. The number of H-pyrrole nitrogens is 1. The van der Waals surface area contributed by atoms with Crippen molar-refractivity contribution in [3.05, 3.63) is 56.8 Å². The highest BCUT2D eigenvalue weighted by molar-refractivity contribution is 7.17. The number of anilines is 1. The fourth-order valence-corrected chi connectivity index (χ4v) is 12.3. The molecule has 0 spiro atoms. The lowest BCUT2D eigenvalue weighted by Gasteiger charge is -2.47. The second-order valence-electron chi connectivity index (χ2n) is 24.4. The van der Waals surface area contributed by atoms with E-state index >= 15 is 4.79 Å². The largest absolute Gasteiger partial charge is 0.441 e. The molecule has 2 saturated heterocycles. The lowest BCUT2D eigenvalue weighted by molar-refractivity contribution is -0.372. The van der Waals surface area contributed by atoms with Gasteiger partial charge in [0.2, 0.25) is 29.5 Å². The fraction of sp³-hybridized carbons (Fsp3) is 0.638. The summed E-state index contributed by atoms with van der Waals surface area (Å²) in [6.07, 6.45) is -20.3. The number of carbonyl (C=O) groups is 8. The Hall–Kier alpha value is -7.73. The number of primary amides is 3. The summed E-state index contributed by atoms with van der Waals surface area (Å²) >= 11 is 2.45. The van der Waals surface area contributed by atoms with Gasteiger partial charge in [0.25, 0.3) is 11.8 Å². The zero-order valence-electron chi connectivity index (χ0n) is 55.0. The molecule has 554 valence electrons. The van der Waals surface area contributed by atoms with E-state index in [1.54, 1.807) is 5.38 Å². The number of carbonyl (C=O) groups excluding carboxylic acids is 8. The molecular formula is C58H89N19O21S2. The molecule has 4 aromatic rings. The maximum Gasteiger partial charge on any atom is 0.404 e. The van der Waals surface area contributed by atoms with Gasteiger partial charge in [0.05, 0.1) is 78.4 Å². The van der Waals surface area contributed by atoms with Crippen molar-refractivity contribution in [1.82, 2.24) is 66.7 Å². The van der Waals surface area contributed by atoms with Gasteiger partial charge in [0.1, 0.15) is 93.8 Å². The van der Waals surface area contributed by atoms with Crippen molar-refractivity contribution in [3.8, 4) is 10.7 Å². The Morgan fingerprint density at radius 3 is 2.17 bits per heavy atom. The van der Waals surface area contributed by atoms with E-state index in [4.69, 9.17) is 58.1 Å². The number of nitrogen functional groups attached to an aromatic ring is 1. The van der Waals surface area contributed by atoms with Gasteiger partial charge in [-0.1, -0.05) is 6.92 Å². The number of aromatic nitrogens is 6. The Balaban J connectivity index is 1.11. The van der Waals surface area contributed by atoms with Gasteiger partial charge in [0.15, 0.2) is 18.7 Å². The second-order valence-corrected chi connectivity index (χ2v) is 26.4. The maximum absolute atomic E-state index is 15.3. The van der Waals surface area contributed by atoms with Crippen molar-refractivity contribution in [2.45, 2.75) is 169 Å². The van der Waals surface area contributed by atoms with Crippen LogP contribution in [0.25, 0.3) is 10.7 Å². The van der Waals surface area contributed by atoms with E-state index in [1.165, 1.54) is 49.6 Å². The number of hydrogen-bond donors (Lipinski definition) is 21. The summed E-state index contributed by atoms with van der Waals surface area (Å²) in [5, 5.41) is 108. The molecule has 6 heterocycles. The second kappa shape index (κ2) is 36.2. The molecule has 0 radical (unpaired) electrons. The minimum atomic E-state index is -2.20. The molecule has 2 aliphatic heterocycles. The third kappa shape index (κ3) is 20.7. The van der Waals surface area contributed by atoms with Crippen LogP contribution in [-0.4, -0.2) is 280 Å². The van der Waals surface area contributed by atoms with Crippen LogP contribution < -0.4 is 66.3 Å². The molecule has 3 aliphatic rings. The molecule has 8 amide bonds. The van der Waals surface area contributed by atoms with E-state index in [0.29, 0.717) is 33.7 Å².